The molecule has 0 aliphatic carbocycles. The average molecular weight is 348 g/mol. The Balaban J connectivity index is 1.40. The van der Waals surface area contributed by atoms with Gasteiger partial charge in [0.25, 0.3) is 5.91 Å². The Morgan fingerprint density at radius 2 is 2.22 bits per heavy atom. The molecular formula is C15H14ClN5OS. The van der Waals surface area contributed by atoms with Gasteiger partial charge in [0.2, 0.25) is 0 Å². The number of aryl methyl sites for hydroxylation is 1. The van der Waals surface area contributed by atoms with Crippen molar-refractivity contribution in [2.75, 3.05) is 18.0 Å². The van der Waals surface area contributed by atoms with Crippen LogP contribution in [0.2, 0.25) is 5.02 Å². The van der Waals surface area contributed by atoms with E-state index in [2.05, 4.69) is 20.3 Å². The van der Waals surface area contributed by atoms with Crippen molar-refractivity contribution in [1.82, 2.24) is 20.1 Å². The molecule has 4 rings (SSSR count). The predicted molar refractivity (Wildman–Crippen MR) is 91.3 cm³/mol. The Bertz CT molecular complexity index is 883. The maximum atomic E-state index is 12.1. The molecule has 1 amide bonds. The van der Waals surface area contributed by atoms with Crippen LogP contribution in [0.15, 0.2) is 30.5 Å². The van der Waals surface area contributed by atoms with Crippen molar-refractivity contribution in [3.8, 4) is 0 Å². The maximum absolute atomic E-state index is 12.1. The summed E-state index contributed by atoms with van der Waals surface area (Å²) in [6, 6.07) is 7.62. The largest absolute Gasteiger partial charge is 0.344 e. The van der Waals surface area contributed by atoms with Crippen molar-refractivity contribution >= 4 is 44.2 Å². The molecule has 1 aliphatic heterocycles. The summed E-state index contributed by atoms with van der Waals surface area (Å²) in [6.07, 6.45) is 1.76. The van der Waals surface area contributed by atoms with Crippen molar-refractivity contribution in [2.24, 2.45) is 7.05 Å². The molecule has 3 heterocycles. The van der Waals surface area contributed by atoms with Crippen molar-refractivity contribution in [3.63, 3.8) is 0 Å². The van der Waals surface area contributed by atoms with Gasteiger partial charge in [-0.2, -0.15) is 5.10 Å². The number of amides is 1. The van der Waals surface area contributed by atoms with Crippen LogP contribution >= 0.6 is 22.9 Å². The van der Waals surface area contributed by atoms with Crippen LogP contribution in [0.25, 0.3) is 10.2 Å². The summed E-state index contributed by atoms with van der Waals surface area (Å²) >= 11 is 7.78. The number of thiazole rings is 1. The number of carbonyl (C=O) groups is 1. The molecule has 1 fully saturated rings. The number of para-hydroxylation sites is 1. The molecule has 6 nitrogen and oxygen atoms in total. The summed E-state index contributed by atoms with van der Waals surface area (Å²) < 4.78 is 2.70. The fourth-order valence-corrected chi connectivity index (χ4v) is 3.84. The second-order valence-corrected chi connectivity index (χ2v) is 6.95. The number of aromatic nitrogens is 3. The second kappa shape index (κ2) is 5.50. The third-order valence-corrected chi connectivity index (χ3v) is 5.18. The van der Waals surface area contributed by atoms with Crippen LogP contribution in [0.4, 0.5) is 5.13 Å². The SMILES string of the molecule is Cn1ccc(C(=O)NC2CN(c3nc4c(Cl)cccc4s3)C2)n1. The van der Waals surface area contributed by atoms with Gasteiger partial charge in [-0.3, -0.25) is 9.48 Å². The van der Waals surface area contributed by atoms with E-state index in [1.54, 1.807) is 35.3 Å². The van der Waals surface area contributed by atoms with Crippen molar-refractivity contribution < 1.29 is 4.79 Å². The summed E-state index contributed by atoms with van der Waals surface area (Å²) in [4.78, 5) is 18.8. The van der Waals surface area contributed by atoms with E-state index in [0.29, 0.717) is 10.7 Å². The van der Waals surface area contributed by atoms with E-state index >= 15 is 0 Å². The van der Waals surface area contributed by atoms with E-state index in [0.717, 1.165) is 28.4 Å². The van der Waals surface area contributed by atoms with Crippen LogP contribution in [0.5, 0.6) is 0 Å². The van der Waals surface area contributed by atoms with Gasteiger partial charge in [-0.05, 0) is 18.2 Å². The number of rotatable bonds is 3. The zero-order chi connectivity index (χ0) is 16.0. The zero-order valence-electron chi connectivity index (χ0n) is 12.4. The minimum Gasteiger partial charge on any atom is -0.344 e. The van der Waals surface area contributed by atoms with E-state index in [4.69, 9.17) is 11.6 Å². The highest BCUT2D eigenvalue weighted by molar-refractivity contribution is 7.22. The van der Waals surface area contributed by atoms with Crippen LogP contribution in [-0.4, -0.2) is 39.8 Å². The molecule has 2 aromatic heterocycles. The van der Waals surface area contributed by atoms with Crippen molar-refractivity contribution in [2.45, 2.75) is 6.04 Å². The van der Waals surface area contributed by atoms with Gasteiger partial charge in [0.1, 0.15) is 11.2 Å². The number of anilines is 1. The monoisotopic (exact) mass is 347 g/mol. The van der Waals surface area contributed by atoms with Crippen LogP contribution in [0, 0.1) is 0 Å². The molecule has 1 aliphatic rings. The van der Waals surface area contributed by atoms with Crippen LogP contribution in [0.1, 0.15) is 10.5 Å². The molecule has 0 saturated carbocycles. The lowest BCUT2D eigenvalue weighted by Gasteiger charge is -2.39. The zero-order valence-corrected chi connectivity index (χ0v) is 13.9. The first-order valence-corrected chi connectivity index (χ1v) is 8.40. The molecule has 0 bridgehead atoms. The number of nitrogens with one attached hydrogen (secondary N) is 1. The fourth-order valence-electron chi connectivity index (χ4n) is 2.56. The lowest BCUT2D eigenvalue weighted by atomic mass is 10.1. The Hall–Kier alpha value is -2.12. The Morgan fingerprint density at radius 3 is 2.91 bits per heavy atom. The third-order valence-electron chi connectivity index (χ3n) is 3.79. The predicted octanol–water partition coefficient (Wildman–Crippen LogP) is 2.30. The molecule has 1 saturated heterocycles. The molecule has 0 spiro atoms. The summed E-state index contributed by atoms with van der Waals surface area (Å²) in [6.45, 7) is 1.49. The highest BCUT2D eigenvalue weighted by Crippen LogP contribution is 2.34. The minimum atomic E-state index is -0.136. The van der Waals surface area contributed by atoms with Crippen LogP contribution < -0.4 is 10.2 Å². The summed E-state index contributed by atoms with van der Waals surface area (Å²) in [5.41, 5.74) is 1.29. The molecule has 3 aromatic rings. The van der Waals surface area contributed by atoms with Gasteiger partial charge in [0.15, 0.2) is 5.13 Å². The van der Waals surface area contributed by atoms with Crippen LogP contribution in [0.3, 0.4) is 0 Å². The van der Waals surface area contributed by atoms with Crippen molar-refractivity contribution in [1.29, 1.82) is 0 Å². The second-order valence-electron chi connectivity index (χ2n) is 5.53. The average Bonchev–Trinajstić information content (AvgIpc) is 3.09. The lowest BCUT2D eigenvalue weighted by molar-refractivity contribution is 0.0924. The summed E-state index contributed by atoms with van der Waals surface area (Å²) in [5, 5.41) is 8.70. The van der Waals surface area contributed by atoms with E-state index in [1.165, 1.54) is 0 Å². The van der Waals surface area contributed by atoms with E-state index in [1.807, 2.05) is 18.2 Å². The smallest absolute Gasteiger partial charge is 0.272 e. The fraction of sp³-hybridized carbons (Fsp3) is 0.267. The van der Waals surface area contributed by atoms with Gasteiger partial charge in [0, 0.05) is 26.3 Å². The first kappa shape index (κ1) is 14.5. The first-order valence-electron chi connectivity index (χ1n) is 7.20. The molecule has 0 radical (unpaired) electrons. The molecule has 1 N–H and O–H groups in total. The molecule has 0 atom stereocenters. The summed E-state index contributed by atoms with van der Waals surface area (Å²) in [7, 11) is 1.79. The van der Waals surface area contributed by atoms with E-state index in [9.17, 15) is 4.79 Å². The number of fused-ring (bicyclic) bond motifs is 1. The lowest BCUT2D eigenvalue weighted by Crippen LogP contribution is -2.59. The molecule has 23 heavy (non-hydrogen) atoms. The Kier molecular flexibility index (Phi) is 3.46. The number of hydrogen-bond acceptors (Lipinski definition) is 5. The third kappa shape index (κ3) is 2.66. The Morgan fingerprint density at radius 1 is 1.39 bits per heavy atom. The Labute approximate surface area is 141 Å². The highest BCUT2D eigenvalue weighted by atomic mass is 35.5. The van der Waals surface area contributed by atoms with Crippen molar-refractivity contribution in [3.05, 3.63) is 41.2 Å². The maximum Gasteiger partial charge on any atom is 0.272 e. The van der Waals surface area contributed by atoms with Crippen LogP contribution in [-0.2, 0) is 7.05 Å². The number of hydrogen-bond donors (Lipinski definition) is 1. The number of nitrogens with zero attached hydrogens (tertiary/aromatic N) is 4. The minimum absolute atomic E-state index is 0.118. The van der Waals surface area contributed by atoms with Gasteiger partial charge in [-0.1, -0.05) is 29.0 Å². The van der Waals surface area contributed by atoms with Gasteiger partial charge in [0.05, 0.1) is 15.8 Å². The molecule has 8 heteroatoms. The highest BCUT2D eigenvalue weighted by Gasteiger charge is 2.31. The van der Waals surface area contributed by atoms with E-state index in [-0.39, 0.29) is 11.9 Å². The normalized spacial score (nSPS) is 15.0. The van der Waals surface area contributed by atoms with Gasteiger partial charge < -0.3 is 10.2 Å². The number of halogens is 1. The van der Waals surface area contributed by atoms with Gasteiger partial charge >= 0.3 is 0 Å². The molecule has 0 unspecified atom stereocenters. The quantitative estimate of drug-likeness (QED) is 0.789. The molecule has 1 aromatic carbocycles. The number of carbonyl (C=O) groups excluding carboxylic acids is 1. The van der Waals surface area contributed by atoms with Gasteiger partial charge in [-0.15, -0.1) is 0 Å². The number of benzene rings is 1. The van der Waals surface area contributed by atoms with Gasteiger partial charge in [-0.25, -0.2) is 4.98 Å². The molecular weight excluding hydrogens is 334 g/mol. The first-order chi connectivity index (χ1) is 11.1. The topological polar surface area (TPSA) is 63.1 Å². The molecule has 118 valence electrons. The van der Waals surface area contributed by atoms with E-state index < -0.39 is 0 Å². The standard InChI is InChI=1S/C15H14ClN5OS/c1-20-6-5-11(19-20)14(22)17-9-7-21(8-9)15-18-13-10(16)3-2-4-12(13)23-15/h2-6,9H,7-8H2,1H3,(H,17,22). The summed E-state index contributed by atoms with van der Waals surface area (Å²) in [5.74, 6) is -0.136.